The molecule has 30 heavy (non-hydrogen) atoms. The van der Waals surface area contributed by atoms with E-state index in [9.17, 15) is 4.79 Å². The van der Waals surface area contributed by atoms with E-state index in [4.69, 9.17) is 4.74 Å². The minimum Gasteiger partial charge on any atom is -0.496 e. The Bertz CT molecular complexity index is 1020. The van der Waals surface area contributed by atoms with Crippen LogP contribution in [0.1, 0.15) is 15.9 Å². The molecule has 1 aliphatic rings. The minimum atomic E-state index is 0.0111. The summed E-state index contributed by atoms with van der Waals surface area (Å²) >= 11 is 3.15. The van der Waals surface area contributed by atoms with Crippen LogP contribution in [-0.4, -0.2) is 54.1 Å². The Morgan fingerprint density at radius 3 is 2.83 bits per heavy atom. The lowest BCUT2D eigenvalue weighted by molar-refractivity contribution is 0.0732. The molecular formula is C21H23N5O2S2. The van der Waals surface area contributed by atoms with E-state index in [1.165, 1.54) is 0 Å². The molecule has 1 aliphatic heterocycles. The second kappa shape index (κ2) is 9.46. The largest absolute Gasteiger partial charge is 0.496 e. The first-order chi connectivity index (χ1) is 14.6. The van der Waals surface area contributed by atoms with Gasteiger partial charge in [0.2, 0.25) is 0 Å². The van der Waals surface area contributed by atoms with Gasteiger partial charge in [-0.3, -0.25) is 4.79 Å². The maximum absolute atomic E-state index is 13.1. The number of hydrogen-bond acceptors (Lipinski definition) is 8. The molecule has 2 N–H and O–H groups in total. The van der Waals surface area contributed by atoms with Gasteiger partial charge in [-0.1, -0.05) is 29.2 Å². The second-order valence-electron chi connectivity index (χ2n) is 6.79. The van der Waals surface area contributed by atoms with Crippen LogP contribution in [0.3, 0.4) is 0 Å². The third kappa shape index (κ3) is 4.75. The van der Waals surface area contributed by atoms with Crippen molar-refractivity contribution in [3.8, 4) is 5.75 Å². The smallest absolute Gasteiger partial charge is 0.257 e. The van der Waals surface area contributed by atoms with Crippen LogP contribution >= 0.6 is 23.1 Å². The second-order valence-corrected chi connectivity index (χ2v) is 9.16. The van der Waals surface area contributed by atoms with Gasteiger partial charge in [0, 0.05) is 37.3 Å². The maximum Gasteiger partial charge on any atom is 0.257 e. The van der Waals surface area contributed by atoms with Crippen LogP contribution in [0.5, 0.6) is 5.75 Å². The molecule has 0 aliphatic carbocycles. The van der Waals surface area contributed by atoms with Crippen molar-refractivity contribution in [2.75, 3.05) is 38.6 Å². The number of ether oxygens (including phenoxy) is 1. The molecule has 156 valence electrons. The number of methoxy groups -OCH3 is 1. The maximum atomic E-state index is 13.1. The quantitative estimate of drug-likeness (QED) is 0.602. The normalized spacial score (nSPS) is 13.9. The summed E-state index contributed by atoms with van der Waals surface area (Å²) in [7, 11) is 1.61. The zero-order valence-electron chi connectivity index (χ0n) is 16.8. The summed E-state index contributed by atoms with van der Waals surface area (Å²) in [6.45, 7) is 5.06. The summed E-state index contributed by atoms with van der Waals surface area (Å²) in [6.07, 6.45) is 3.57. The molecule has 1 fully saturated rings. The first-order valence-electron chi connectivity index (χ1n) is 9.64. The van der Waals surface area contributed by atoms with Gasteiger partial charge in [0.15, 0.2) is 5.13 Å². The fraction of sp³-hybridized carbons (Fsp3) is 0.286. The van der Waals surface area contributed by atoms with Crippen molar-refractivity contribution < 1.29 is 9.53 Å². The number of amides is 1. The lowest BCUT2D eigenvalue weighted by atomic mass is 10.1. The fourth-order valence-electron chi connectivity index (χ4n) is 3.16. The number of nitrogens with one attached hydrogen (secondary N) is 2. The highest BCUT2D eigenvalue weighted by molar-refractivity contribution is 8.01. The Hall–Kier alpha value is -2.62. The van der Waals surface area contributed by atoms with E-state index < -0.39 is 0 Å². The molecule has 0 atom stereocenters. The average molecular weight is 442 g/mol. The molecule has 9 heteroatoms. The van der Waals surface area contributed by atoms with Gasteiger partial charge in [-0.15, -0.1) is 0 Å². The van der Waals surface area contributed by atoms with Crippen LogP contribution in [0.15, 0.2) is 51.8 Å². The molecule has 3 heterocycles. The van der Waals surface area contributed by atoms with Crippen molar-refractivity contribution in [2.45, 2.75) is 16.0 Å². The van der Waals surface area contributed by atoms with Crippen molar-refractivity contribution >= 4 is 40.0 Å². The van der Waals surface area contributed by atoms with E-state index >= 15 is 0 Å². The molecular weight excluding hydrogens is 418 g/mol. The van der Waals surface area contributed by atoms with Gasteiger partial charge in [-0.05, 0) is 36.8 Å². The van der Waals surface area contributed by atoms with Crippen LogP contribution in [0.2, 0.25) is 0 Å². The Balaban J connectivity index is 1.54. The lowest BCUT2D eigenvalue weighted by Crippen LogP contribution is -2.46. The molecule has 0 saturated carbocycles. The standard InChI is InChI=1S/C21H23N5O2S2/c1-14-11-16(28-2)15(20(27)26-9-7-22-8-10-26)12-17(14)29-19-13-24-21(30-19)25-18-5-3-4-6-23-18/h3-6,11-13,22H,7-10H2,1-2H3,(H,23,24,25). The SMILES string of the molecule is COc1cc(C)c(Sc2cnc(Nc3ccccn3)s2)cc1C(=O)N1CCNCC1. The third-order valence-electron chi connectivity index (χ3n) is 4.73. The molecule has 0 unspecified atom stereocenters. The van der Waals surface area contributed by atoms with E-state index in [0.717, 1.165) is 38.7 Å². The number of hydrogen-bond donors (Lipinski definition) is 2. The van der Waals surface area contributed by atoms with E-state index in [1.54, 1.807) is 36.4 Å². The summed E-state index contributed by atoms with van der Waals surface area (Å²) < 4.78 is 6.54. The Morgan fingerprint density at radius 2 is 2.10 bits per heavy atom. The predicted molar refractivity (Wildman–Crippen MR) is 120 cm³/mol. The molecule has 0 radical (unpaired) electrons. The molecule has 7 nitrogen and oxygen atoms in total. The van der Waals surface area contributed by atoms with Crippen molar-refractivity contribution in [2.24, 2.45) is 0 Å². The highest BCUT2D eigenvalue weighted by Crippen LogP contribution is 2.38. The van der Waals surface area contributed by atoms with Gasteiger partial charge < -0.3 is 20.3 Å². The van der Waals surface area contributed by atoms with Crippen LogP contribution in [0.4, 0.5) is 10.9 Å². The van der Waals surface area contributed by atoms with Crippen LogP contribution in [-0.2, 0) is 0 Å². The van der Waals surface area contributed by atoms with Crippen molar-refractivity contribution in [1.82, 2.24) is 20.2 Å². The number of thiazole rings is 1. The molecule has 4 rings (SSSR count). The summed E-state index contributed by atoms with van der Waals surface area (Å²) in [5.74, 6) is 1.38. The molecule has 2 aromatic heterocycles. The topological polar surface area (TPSA) is 79.4 Å². The van der Waals surface area contributed by atoms with E-state index in [-0.39, 0.29) is 5.91 Å². The van der Waals surface area contributed by atoms with Gasteiger partial charge in [-0.25, -0.2) is 9.97 Å². The van der Waals surface area contributed by atoms with Gasteiger partial charge in [0.1, 0.15) is 11.6 Å². The highest BCUT2D eigenvalue weighted by atomic mass is 32.2. The molecule has 1 amide bonds. The molecule has 3 aromatic rings. The summed E-state index contributed by atoms with van der Waals surface area (Å²) in [4.78, 5) is 24.7. The Kier molecular flexibility index (Phi) is 6.51. The molecule has 0 bridgehead atoms. The zero-order valence-corrected chi connectivity index (χ0v) is 18.5. The number of rotatable bonds is 6. The van der Waals surface area contributed by atoms with Gasteiger partial charge >= 0.3 is 0 Å². The average Bonchev–Trinajstić information content (AvgIpc) is 3.22. The summed E-state index contributed by atoms with van der Waals surface area (Å²) in [6, 6.07) is 9.58. The lowest BCUT2D eigenvalue weighted by Gasteiger charge is -2.28. The van der Waals surface area contributed by atoms with E-state index in [1.807, 2.05) is 48.4 Å². The van der Waals surface area contributed by atoms with Crippen molar-refractivity contribution in [3.05, 3.63) is 53.9 Å². The predicted octanol–water partition coefficient (Wildman–Crippen LogP) is 3.80. The summed E-state index contributed by atoms with van der Waals surface area (Å²) in [5.41, 5.74) is 1.66. The molecule has 0 spiro atoms. The molecule has 1 saturated heterocycles. The Morgan fingerprint density at radius 1 is 1.27 bits per heavy atom. The van der Waals surface area contributed by atoms with E-state index in [2.05, 4.69) is 20.6 Å². The van der Waals surface area contributed by atoms with E-state index in [0.29, 0.717) is 24.4 Å². The number of pyridine rings is 1. The van der Waals surface area contributed by atoms with Crippen LogP contribution < -0.4 is 15.4 Å². The number of aryl methyl sites for hydroxylation is 1. The monoisotopic (exact) mass is 441 g/mol. The number of carbonyl (C=O) groups excluding carboxylic acids is 1. The number of nitrogens with zero attached hydrogens (tertiary/aromatic N) is 3. The number of carbonyl (C=O) groups is 1. The van der Waals surface area contributed by atoms with Gasteiger partial charge in [0.05, 0.1) is 23.1 Å². The third-order valence-corrected chi connectivity index (χ3v) is 6.90. The number of aromatic nitrogens is 2. The van der Waals surface area contributed by atoms with Crippen LogP contribution in [0, 0.1) is 6.92 Å². The van der Waals surface area contributed by atoms with Crippen molar-refractivity contribution in [3.63, 3.8) is 0 Å². The number of benzene rings is 1. The molecule has 1 aromatic carbocycles. The summed E-state index contributed by atoms with van der Waals surface area (Å²) in [5, 5.41) is 7.27. The van der Waals surface area contributed by atoms with Crippen molar-refractivity contribution in [1.29, 1.82) is 0 Å². The first kappa shape index (κ1) is 20.6. The number of piperazine rings is 1. The Labute approximate surface area is 183 Å². The first-order valence-corrected chi connectivity index (χ1v) is 11.3. The van der Waals surface area contributed by atoms with Crippen LogP contribution in [0.25, 0.3) is 0 Å². The fourth-order valence-corrected chi connectivity index (χ4v) is 5.11. The zero-order chi connectivity index (χ0) is 20.9. The number of anilines is 2. The minimum absolute atomic E-state index is 0.0111. The van der Waals surface area contributed by atoms with Gasteiger partial charge in [0.25, 0.3) is 5.91 Å². The van der Waals surface area contributed by atoms with Gasteiger partial charge in [-0.2, -0.15) is 0 Å². The highest BCUT2D eigenvalue weighted by Gasteiger charge is 2.23.